The van der Waals surface area contributed by atoms with Gasteiger partial charge in [-0.15, -0.1) is 0 Å². The van der Waals surface area contributed by atoms with Gasteiger partial charge in [0.1, 0.15) is 5.82 Å². The van der Waals surface area contributed by atoms with Gasteiger partial charge in [0.25, 0.3) is 0 Å². The van der Waals surface area contributed by atoms with Gasteiger partial charge in [-0.25, -0.2) is 4.39 Å². The van der Waals surface area contributed by atoms with Gasteiger partial charge in [-0.05, 0) is 31.0 Å². The number of amides is 1. The van der Waals surface area contributed by atoms with Gasteiger partial charge in [0.05, 0.1) is 12.5 Å². The van der Waals surface area contributed by atoms with E-state index in [-0.39, 0.29) is 28.8 Å². The van der Waals surface area contributed by atoms with Crippen LogP contribution in [0, 0.1) is 5.82 Å². The predicted octanol–water partition coefficient (Wildman–Crippen LogP) is 3.69. The Balaban J connectivity index is 2.00. The summed E-state index contributed by atoms with van der Waals surface area (Å²) in [6.45, 7) is 2.09. The standard InChI is InChI=1S/C19H21ClFNO2/c1-13(23)10-15(14-6-3-2-4-7-14)12-22-19(24)11-16-17(20)8-5-9-18(16)21/h2-9,13,15,23H,10-12H2,1H3,(H,22,24). The molecular formula is C19H21ClFNO2. The average molecular weight is 350 g/mol. The van der Waals surface area contributed by atoms with Gasteiger partial charge in [0.2, 0.25) is 5.91 Å². The molecule has 0 fully saturated rings. The molecule has 2 unspecified atom stereocenters. The molecule has 128 valence electrons. The van der Waals surface area contributed by atoms with Crippen LogP contribution in [0.15, 0.2) is 48.5 Å². The monoisotopic (exact) mass is 349 g/mol. The molecule has 0 aliphatic heterocycles. The zero-order chi connectivity index (χ0) is 17.5. The van der Waals surface area contributed by atoms with Crippen LogP contribution >= 0.6 is 11.6 Å². The molecular weight excluding hydrogens is 329 g/mol. The number of rotatable bonds is 7. The first kappa shape index (κ1) is 18.4. The second-order valence-electron chi connectivity index (χ2n) is 5.87. The highest BCUT2D eigenvalue weighted by atomic mass is 35.5. The van der Waals surface area contributed by atoms with Crippen LogP contribution in [-0.4, -0.2) is 23.7 Å². The fourth-order valence-corrected chi connectivity index (χ4v) is 2.87. The SMILES string of the molecule is CC(O)CC(CNC(=O)Cc1c(F)cccc1Cl)c1ccccc1. The molecule has 2 aromatic rings. The summed E-state index contributed by atoms with van der Waals surface area (Å²) in [7, 11) is 0. The van der Waals surface area contributed by atoms with E-state index in [1.165, 1.54) is 12.1 Å². The van der Waals surface area contributed by atoms with Crippen LogP contribution in [-0.2, 0) is 11.2 Å². The summed E-state index contributed by atoms with van der Waals surface area (Å²) in [4.78, 5) is 12.1. The minimum absolute atomic E-state index is 0.00811. The van der Waals surface area contributed by atoms with E-state index in [1.54, 1.807) is 13.0 Å². The third kappa shape index (κ3) is 5.32. The lowest BCUT2D eigenvalue weighted by Crippen LogP contribution is -2.31. The van der Waals surface area contributed by atoms with Gasteiger partial charge in [0.15, 0.2) is 0 Å². The number of hydrogen-bond acceptors (Lipinski definition) is 2. The van der Waals surface area contributed by atoms with Crippen LogP contribution in [0.2, 0.25) is 5.02 Å². The zero-order valence-electron chi connectivity index (χ0n) is 13.5. The smallest absolute Gasteiger partial charge is 0.224 e. The summed E-state index contributed by atoms with van der Waals surface area (Å²) in [6, 6.07) is 14.0. The molecule has 0 saturated carbocycles. The van der Waals surface area contributed by atoms with Gasteiger partial charge in [0, 0.05) is 23.0 Å². The molecule has 0 aliphatic rings. The van der Waals surface area contributed by atoms with Crippen LogP contribution in [0.1, 0.15) is 30.4 Å². The van der Waals surface area contributed by atoms with E-state index in [2.05, 4.69) is 5.32 Å². The van der Waals surface area contributed by atoms with Crippen LogP contribution in [0.3, 0.4) is 0 Å². The minimum atomic E-state index is -0.485. The lowest BCUT2D eigenvalue weighted by molar-refractivity contribution is -0.120. The number of aliphatic hydroxyl groups excluding tert-OH is 1. The Labute approximate surface area is 146 Å². The second kappa shape index (κ2) is 8.81. The van der Waals surface area contributed by atoms with Crippen molar-refractivity contribution in [3.8, 4) is 0 Å². The molecule has 0 radical (unpaired) electrons. The third-order valence-corrected chi connectivity index (χ3v) is 4.20. The van der Waals surface area contributed by atoms with E-state index in [4.69, 9.17) is 11.6 Å². The minimum Gasteiger partial charge on any atom is -0.393 e. The molecule has 0 saturated heterocycles. The molecule has 1 amide bonds. The van der Waals surface area contributed by atoms with Crippen LogP contribution in [0.25, 0.3) is 0 Å². The van der Waals surface area contributed by atoms with Gasteiger partial charge >= 0.3 is 0 Å². The van der Waals surface area contributed by atoms with Crippen molar-refractivity contribution in [3.63, 3.8) is 0 Å². The van der Waals surface area contributed by atoms with Gasteiger partial charge < -0.3 is 10.4 Å². The molecule has 2 aromatic carbocycles. The second-order valence-corrected chi connectivity index (χ2v) is 6.28. The van der Waals surface area contributed by atoms with Gasteiger partial charge in [-0.3, -0.25) is 4.79 Å². The normalized spacial score (nSPS) is 13.3. The summed E-state index contributed by atoms with van der Waals surface area (Å²) < 4.78 is 13.7. The number of carbonyl (C=O) groups excluding carboxylic acids is 1. The summed E-state index contributed by atoms with van der Waals surface area (Å²) in [5, 5.41) is 12.7. The van der Waals surface area contributed by atoms with E-state index >= 15 is 0 Å². The Bertz CT molecular complexity index is 656. The largest absolute Gasteiger partial charge is 0.393 e. The number of nitrogens with one attached hydrogen (secondary N) is 1. The Morgan fingerprint density at radius 3 is 2.54 bits per heavy atom. The molecule has 2 N–H and O–H groups in total. The van der Waals surface area contributed by atoms with Crippen molar-refractivity contribution >= 4 is 17.5 Å². The first-order valence-corrected chi connectivity index (χ1v) is 8.27. The molecule has 0 spiro atoms. The molecule has 5 heteroatoms. The average Bonchev–Trinajstić information content (AvgIpc) is 2.55. The first-order chi connectivity index (χ1) is 11.5. The Hall–Kier alpha value is -1.91. The Morgan fingerprint density at radius 2 is 1.92 bits per heavy atom. The van der Waals surface area contributed by atoms with E-state index in [1.807, 2.05) is 30.3 Å². The molecule has 24 heavy (non-hydrogen) atoms. The lowest BCUT2D eigenvalue weighted by atomic mass is 9.93. The molecule has 2 atom stereocenters. The summed E-state index contributed by atoms with van der Waals surface area (Å²) in [5.74, 6) is -0.791. The van der Waals surface area contributed by atoms with E-state index in [0.717, 1.165) is 5.56 Å². The highest BCUT2D eigenvalue weighted by Gasteiger charge is 2.17. The molecule has 0 bridgehead atoms. The number of benzene rings is 2. The maximum atomic E-state index is 13.7. The van der Waals surface area contributed by atoms with Crippen molar-refractivity contribution in [2.24, 2.45) is 0 Å². The number of halogens is 2. The Morgan fingerprint density at radius 1 is 1.21 bits per heavy atom. The topological polar surface area (TPSA) is 49.3 Å². The summed E-state index contributed by atoms with van der Waals surface area (Å²) >= 11 is 5.95. The highest BCUT2D eigenvalue weighted by molar-refractivity contribution is 6.31. The molecule has 3 nitrogen and oxygen atoms in total. The molecule has 0 heterocycles. The summed E-state index contributed by atoms with van der Waals surface area (Å²) in [5.41, 5.74) is 1.24. The van der Waals surface area contributed by atoms with E-state index < -0.39 is 11.9 Å². The fraction of sp³-hybridized carbons (Fsp3) is 0.316. The van der Waals surface area contributed by atoms with E-state index in [9.17, 15) is 14.3 Å². The Kier molecular flexibility index (Phi) is 6.76. The van der Waals surface area contributed by atoms with Crippen LogP contribution in [0.5, 0.6) is 0 Å². The van der Waals surface area contributed by atoms with Crippen molar-refractivity contribution in [1.82, 2.24) is 5.32 Å². The maximum absolute atomic E-state index is 13.7. The summed E-state index contributed by atoms with van der Waals surface area (Å²) in [6.07, 6.45) is -0.0555. The van der Waals surface area contributed by atoms with Crippen molar-refractivity contribution in [2.45, 2.75) is 31.8 Å². The number of carbonyl (C=O) groups is 1. The quantitative estimate of drug-likeness (QED) is 0.801. The number of aliphatic hydroxyl groups is 1. The maximum Gasteiger partial charge on any atom is 0.224 e. The highest BCUT2D eigenvalue weighted by Crippen LogP contribution is 2.22. The van der Waals surface area contributed by atoms with E-state index in [0.29, 0.717) is 13.0 Å². The van der Waals surface area contributed by atoms with Crippen molar-refractivity contribution < 1.29 is 14.3 Å². The van der Waals surface area contributed by atoms with Crippen LogP contribution < -0.4 is 5.32 Å². The zero-order valence-corrected chi connectivity index (χ0v) is 14.3. The first-order valence-electron chi connectivity index (χ1n) is 7.90. The predicted molar refractivity (Wildman–Crippen MR) is 93.6 cm³/mol. The van der Waals surface area contributed by atoms with Crippen molar-refractivity contribution in [3.05, 3.63) is 70.5 Å². The van der Waals surface area contributed by atoms with Crippen molar-refractivity contribution in [2.75, 3.05) is 6.54 Å². The van der Waals surface area contributed by atoms with Gasteiger partial charge in [-0.2, -0.15) is 0 Å². The number of hydrogen-bond donors (Lipinski definition) is 2. The third-order valence-electron chi connectivity index (χ3n) is 3.84. The van der Waals surface area contributed by atoms with Crippen LogP contribution in [0.4, 0.5) is 4.39 Å². The molecule has 0 aliphatic carbocycles. The fourth-order valence-electron chi connectivity index (χ4n) is 2.64. The van der Waals surface area contributed by atoms with Gasteiger partial charge in [-0.1, -0.05) is 48.0 Å². The lowest BCUT2D eigenvalue weighted by Gasteiger charge is -2.20. The molecule has 2 rings (SSSR count). The van der Waals surface area contributed by atoms with Crippen molar-refractivity contribution in [1.29, 1.82) is 0 Å². The molecule has 0 aromatic heterocycles.